The molecular formula is C24H29FN2O. The van der Waals surface area contributed by atoms with Gasteiger partial charge in [0.1, 0.15) is 5.82 Å². The number of hydrogen-bond acceptors (Lipinski definition) is 2. The molecule has 3 nitrogen and oxygen atoms in total. The summed E-state index contributed by atoms with van der Waals surface area (Å²) in [5, 5.41) is 0. The van der Waals surface area contributed by atoms with Gasteiger partial charge in [0, 0.05) is 24.7 Å². The third-order valence-electron chi connectivity index (χ3n) is 5.83. The average molecular weight is 381 g/mol. The van der Waals surface area contributed by atoms with Gasteiger partial charge in [0.05, 0.1) is 0 Å². The molecule has 0 spiro atoms. The Morgan fingerprint density at radius 3 is 2.43 bits per heavy atom. The van der Waals surface area contributed by atoms with Crippen LogP contribution in [-0.4, -0.2) is 41.4 Å². The van der Waals surface area contributed by atoms with Crippen LogP contribution < -0.4 is 0 Å². The monoisotopic (exact) mass is 380 g/mol. The van der Waals surface area contributed by atoms with Crippen molar-refractivity contribution in [2.75, 3.05) is 19.6 Å². The van der Waals surface area contributed by atoms with E-state index in [4.69, 9.17) is 0 Å². The van der Waals surface area contributed by atoms with Crippen LogP contribution in [0.2, 0.25) is 0 Å². The van der Waals surface area contributed by atoms with Crippen molar-refractivity contribution in [1.82, 2.24) is 9.80 Å². The van der Waals surface area contributed by atoms with Crippen molar-refractivity contribution >= 4 is 5.91 Å². The van der Waals surface area contributed by atoms with Crippen LogP contribution in [0.5, 0.6) is 0 Å². The molecule has 2 aliphatic rings. The standard InChI is InChI=1S/C24H29FN2O/c25-22-6-4-5-19(17-22)13-16-27(23-11-12-23)24(28)21-9-7-20(8-10-21)18-26-14-2-1-3-15-26/h4-10,17,23H,1-3,11-16,18H2. The first kappa shape index (κ1) is 19.1. The van der Waals surface area contributed by atoms with Crippen LogP contribution in [-0.2, 0) is 13.0 Å². The summed E-state index contributed by atoms with van der Waals surface area (Å²) in [6.07, 6.45) is 6.75. The molecule has 1 aliphatic heterocycles. The van der Waals surface area contributed by atoms with Gasteiger partial charge in [-0.2, -0.15) is 0 Å². The SMILES string of the molecule is O=C(c1ccc(CN2CCCCC2)cc1)N(CCc1cccc(F)c1)C1CC1. The fourth-order valence-electron chi connectivity index (χ4n) is 4.07. The Kier molecular flexibility index (Phi) is 6.06. The number of carbonyl (C=O) groups is 1. The lowest BCUT2D eigenvalue weighted by Crippen LogP contribution is -2.35. The molecule has 28 heavy (non-hydrogen) atoms. The Labute approximate surface area is 167 Å². The first-order valence-corrected chi connectivity index (χ1v) is 10.6. The molecule has 0 aromatic heterocycles. The van der Waals surface area contributed by atoms with Crippen molar-refractivity contribution in [3.63, 3.8) is 0 Å². The third kappa shape index (κ3) is 4.99. The molecule has 2 aromatic rings. The van der Waals surface area contributed by atoms with Crippen molar-refractivity contribution in [1.29, 1.82) is 0 Å². The second kappa shape index (κ2) is 8.87. The zero-order chi connectivity index (χ0) is 19.3. The van der Waals surface area contributed by atoms with E-state index in [0.29, 0.717) is 19.0 Å². The topological polar surface area (TPSA) is 23.6 Å². The summed E-state index contributed by atoms with van der Waals surface area (Å²) >= 11 is 0. The minimum atomic E-state index is -0.217. The second-order valence-electron chi connectivity index (χ2n) is 8.14. The summed E-state index contributed by atoms with van der Waals surface area (Å²) in [6, 6.07) is 15.2. The molecule has 2 aromatic carbocycles. The number of likely N-dealkylation sites (tertiary alicyclic amines) is 1. The zero-order valence-corrected chi connectivity index (χ0v) is 16.4. The van der Waals surface area contributed by atoms with Gasteiger partial charge in [-0.25, -0.2) is 4.39 Å². The maximum absolute atomic E-state index is 13.4. The molecule has 148 valence electrons. The van der Waals surface area contributed by atoms with Crippen LogP contribution in [0.4, 0.5) is 4.39 Å². The molecule has 1 amide bonds. The molecule has 1 heterocycles. The van der Waals surface area contributed by atoms with E-state index in [9.17, 15) is 9.18 Å². The number of piperidine rings is 1. The molecule has 0 N–H and O–H groups in total. The van der Waals surface area contributed by atoms with Crippen LogP contribution in [0.25, 0.3) is 0 Å². The summed E-state index contributed by atoms with van der Waals surface area (Å²) in [5.41, 5.74) is 2.97. The van der Waals surface area contributed by atoms with Crippen molar-refractivity contribution < 1.29 is 9.18 Å². The van der Waals surface area contributed by atoms with Gasteiger partial charge < -0.3 is 4.90 Å². The van der Waals surface area contributed by atoms with E-state index in [-0.39, 0.29) is 11.7 Å². The fraction of sp³-hybridized carbons (Fsp3) is 0.458. The first-order valence-electron chi connectivity index (χ1n) is 10.6. The number of rotatable bonds is 7. The number of carbonyl (C=O) groups excluding carboxylic acids is 1. The predicted octanol–water partition coefficient (Wildman–Crippen LogP) is 4.66. The quantitative estimate of drug-likeness (QED) is 0.698. The minimum Gasteiger partial charge on any atom is -0.335 e. The fourth-order valence-corrected chi connectivity index (χ4v) is 4.07. The third-order valence-corrected chi connectivity index (χ3v) is 5.83. The van der Waals surface area contributed by atoms with E-state index in [1.165, 1.54) is 44.0 Å². The molecule has 1 saturated heterocycles. The highest BCUT2D eigenvalue weighted by Gasteiger charge is 2.32. The molecule has 4 heteroatoms. The Hall–Kier alpha value is -2.20. The van der Waals surface area contributed by atoms with Gasteiger partial charge >= 0.3 is 0 Å². The van der Waals surface area contributed by atoms with E-state index in [1.807, 2.05) is 23.1 Å². The highest BCUT2D eigenvalue weighted by molar-refractivity contribution is 5.94. The van der Waals surface area contributed by atoms with Crippen LogP contribution in [0.3, 0.4) is 0 Å². The predicted molar refractivity (Wildman–Crippen MR) is 110 cm³/mol. The Balaban J connectivity index is 1.38. The Morgan fingerprint density at radius 2 is 1.75 bits per heavy atom. The Morgan fingerprint density at radius 1 is 1.00 bits per heavy atom. The van der Waals surface area contributed by atoms with E-state index in [2.05, 4.69) is 17.0 Å². The van der Waals surface area contributed by atoms with E-state index in [0.717, 1.165) is 30.5 Å². The van der Waals surface area contributed by atoms with Crippen LogP contribution in [0.1, 0.15) is 53.6 Å². The summed E-state index contributed by atoms with van der Waals surface area (Å²) in [4.78, 5) is 17.5. The molecule has 4 rings (SSSR count). The highest BCUT2D eigenvalue weighted by atomic mass is 19.1. The van der Waals surface area contributed by atoms with Crippen LogP contribution in [0.15, 0.2) is 48.5 Å². The van der Waals surface area contributed by atoms with E-state index >= 15 is 0 Å². The normalized spacial score (nSPS) is 17.5. The summed E-state index contributed by atoms with van der Waals surface area (Å²) in [5.74, 6) is -0.116. The van der Waals surface area contributed by atoms with Crippen LogP contribution in [0, 0.1) is 5.82 Å². The minimum absolute atomic E-state index is 0.100. The zero-order valence-electron chi connectivity index (χ0n) is 16.4. The van der Waals surface area contributed by atoms with E-state index < -0.39 is 0 Å². The van der Waals surface area contributed by atoms with Gasteiger partial charge in [0.25, 0.3) is 5.91 Å². The Bertz CT molecular complexity index is 795. The smallest absolute Gasteiger partial charge is 0.254 e. The summed E-state index contributed by atoms with van der Waals surface area (Å²) in [7, 11) is 0. The van der Waals surface area contributed by atoms with Crippen molar-refractivity contribution in [3.8, 4) is 0 Å². The van der Waals surface area contributed by atoms with Gasteiger partial charge in [-0.05, 0) is 80.6 Å². The number of hydrogen-bond donors (Lipinski definition) is 0. The highest BCUT2D eigenvalue weighted by Crippen LogP contribution is 2.28. The summed E-state index contributed by atoms with van der Waals surface area (Å²) in [6.45, 7) is 3.97. The number of benzene rings is 2. The van der Waals surface area contributed by atoms with Gasteiger partial charge in [0.15, 0.2) is 0 Å². The van der Waals surface area contributed by atoms with Gasteiger partial charge in [-0.15, -0.1) is 0 Å². The number of nitrogens with zero attached hydrogens (tertiary/aromatic N) is 2. The van der Waals surface area contributed by atoms with Crippen molar-refractivity contribution in [3.05, 3.63) is 71.0 Å². The van der Waals surface area contributed by atoms with Crippen molar-refractivity contribution in [2.45, 2.75) is 51.1 Å². The molecule has 0 atom stereocenters. The molecule has 0 unspecified atom stereocenters. The molecule has 2 fully saturated rings. The van der Waals surface area contributed by atoms with Crippen molar-refractivity contribution in [2.24, 2.45) is 0 Å². The first-order chi connectivity index (χ1) is 13.7. The lowest BCUT2D eigenvalue weighted by atomic mass is 10.1. The van der Waals surface area contributed by atoms with Crippen LogP contribution >= 0.6 is 0 Å². The number of amides is 1. The molecular weight excluding hydrogens is 351 g/mol. The lowest BCUT2D eigenvalue weighted by molar-refractivity contribution is 0.0745. The summed E-state index contributed by atoms with van der Waals surface area (Å²) < 4.78 is 13.4. The average Bonchev–Trinajstić information content (AvgIpc) is 3.55. The number of halogens is 1. The van der Waals surface area contributed by atoms with Gasteiger partial charge in [0.2, 0.25) is 0 Å². The maximum atomic E-state index is 13.4. The van der Waals surface area contributed by atoms with E-state index in [1.54, 1.807) is 12.1 Å². The maximum Gasteiger partial charge on any atom is 0.254 e. The lowest BCUT2D eigenvalue weighted by Gasteiger charge is -2.26. The second-order valence-corrected chi connectivity index (χ2v) is 8.14. The van der Waals surface area contributed by atoms with Gasteiger partial charge in [-0.1, -0.05) is 30.7 Å². The molecule has 1 saturated carbocycles. The molecule has 0 bridgehead atoms. The largest absolute Gasteiger partial charge is 0.335 e. The van der Waals surface area contributed by atoms with Gasteiger partial charge in [-0.3, -0.25) is 9.69 Å². The molecule has 0 radical (unpaired) electrons. The molecule has 1 aliphatic carbocycles.